The van der Waals surface area contributed by atoms with Crippen LogP contribution in [0.1, 0.15) is 42.6 Å². The van der Waals surface area contributed by atoms with Gasteiger partial charge in [0.25, 0.3) is 0 Å². The lowest BCUT2D eigenvalue weighted by Crippen LogP contribution is -2.27. The molecule has 17 heavy (non-hydrogen) atoms. The van der Waals surface area contributed by atoms with Gasteiger partial charge in [0.1, 0.15) is 0 Å². The Morgan fingerprint density at radius 1 is 1.47 bits per heavy atom. The Morgan fingerprint density at radius 3 is 2.94 bits per heavy atom. The minimum absolute atomic E-state index is 0.286. The molecule has 0 saturated carbocycles. The van der Waals surface area contributed by atoms with Gasteiger partial charge in [-0.05, 0) is 25.0 Å². The summed E-state index contributed by atoms with van der Waals surface area (Å²) in [6, 6.07) is 6.18. The normalized spacial score (nSPS) is 23.0. The predicted molar refractivity (Wildman–Crippen MR) is 64.9 cm³/mol. The van der Waals surface area contributed by atoms with Crippen LogP contribution in [-0.4, -0.2) is 19.2 Å². The maximum atomic E-state index is 11.8. The molecule has 0 bridgehead atoms. The van der Waals surface area contributed by atoms with Gasteiger partial charge in [-0.1, -0.05) is 30.7 Å². The minimum atomic E-state index is -0.555. The third-order valence-corrected chi connectivity index (χ3v) is 3.07. The number of benzene rings is 1. The number of rotatable bonds is 2. The molecule has 0 aromatic heterocycles. The topological polar surface area (TPSA) is 35.5 Å². The quantitative estimate of drug-likeness (QED) is 0.738. The van der Waals surface area contributed by atoms with E-state index < -0.39 is 6.10 Å². The van der Waals surface area contributed by atoms with Gasteiger partial charge in [-0.3, -0.25) is 0 Å². The van der Waals surface area contributed by atoms with Gasteiger partial charge in [-0.2, -0.15) is 0 Å². The highest BCUT2D eigenvalue weighted by Gasteiger charge is 2.31. The summed E-state index contributed by atoms with van der Waals surface area (Å²) in [5, 5.41) is 0. The molecule has 0 aliphatic carbocycles. The molecule has 1 aliphatic rings. The minimum Gasteiger partial charge on any atom is -0.464 e. The lowest BCUT2D eigenvalue weighted by atomic mass is 9.89. The van der Waals surface area contributed by atoms with Gasteiger partial charge < -0.3 is 9.47 Å². The van der Waals surface area contributed by atoms with Crippen molar-refractivity contribution >= 4 is 5.97 Å². The summed E-state index contributed by atoms with van der Waals surface area (Å²) >= 11 is 0. The van der Waals surface area contributed by atoms with Crippen LogP contribution in [0, 0.1) is 6.92 Å². The molecular formula is C14H18O3. The molecule has 0 N–H and O–H groups in total. The first-order chi connectivity index (χ1) is 8.13. The molecule has 2 atom stereocenters. The van der Waals surface area contributed by atoms with Crippen molar-refractivity contribution in [3.05, 3.63) is 34.9 Å². The van der Waals surface area contributed by atoms with Gasteiger partial charge in [-0.25, -0.2) is 4.79 Å². The number of fused-ring (bicyclic) bond motifs is 1. The van der Waals surface area contributed by atoms with E-state index >= 15 is 0 Å². The molecule has 2 unspecified atom stereocenters. The van der Waals surface area contributed by atoms with Gasteiger partial charge in [-0.15, -0.1) is 0 Å². The first-order valence-electron chi connectivity index (χ1n) is 6.02. The van der Waals surface area contributed by atoms with E-state index in [1.54, 1.807) is 6.92 Å². The van der Waals surface area contributed by atoms with Crippen molar-refractivity contribution < 1.29 is 14.3 Å². The molecule has 3 nitrogen and oxygen atoms in total. The molecular weight excluding hydrogens is 216 g/mol. The Kier molecular flexibility index (Phi) is 3.48. The Labute approximate surface area is 102 Å². The van der Waals surface area contributed by atoms with Crippen LogP contribution in [0.5, 0.6) is 0 Å². The predicted octanol–water partition coefficient (Wildman–Crippen LogP) is 2.73. The third-order valence-electron chi connectivity index (χ3n) is 3.07. The standard InChI is InChI=1S/C14H18O3/c1-4-16-14(15)13-12-7-9(2)5-6-11(12)10(3)8-17-13/h5-7,10,13H,4,8H2,1-3H3. The molecule has 0 amide bonds. The number of carbonyl (C=O) groups is 1. The Morgan fingerprint density at radius 2 is 2.24 bits per heavy atom. The van der Waals surface area contributed by atoms with Crippen molar-refractivity contribution in [2.75, 3.05) is 13.2 Å². The van der Waals surface area contributed by atoms with Crippen molar-refractivity contribution in [3.8, 4) is 0 Å². The fraction of sp³-hybridized carbons (Fsp3) is 0.500. The number of aryl methyl sites for hydroxylation is 1. The Balaban J connectivity index is 2.37. The largest absolute Gasteiger partial charge is 0.464 e. The van der Waals surface area contributed by atoms with Gasteiger partial charge in [0, 0.05) is 5.92 Å². The SMILES string of the molecule is CCOC(=O)C1OCC(C)c2ccc(C)cc21. The van der Waals surface area contributed by atoms with Gasteiger partial charge in [0.15, 0.2) is 6.10 Å². The van der Waals surface area contributed by atoms with Crippen LogP contribution < -0.4 is 0 Å². The number of hydrogen-bond acceptors (Lipinski definition) is 3. The molecule has 0 radical (unpaired) electrons. The van der Waals surface area contributed by atoms with E-state index in [-0.39, 0.29) is 5.97 Å². The third kappa shape index (κ3) is 2.34. The number of hydrogen-bond donors (Lipinski definition) is 0. The first-order valence-corrected chi connectivity index (χ1v) is 6.02. The Bertz CT molecular complexity index is 425. The zero-order valence-electron chi connectivity index (χ0n) is 10.5. The molecule has 3 heteroatoms. The zero-order chi connectivity index (χ0) is 12.4. The molecule has 0 saturated heterocycles. The monoisotopic (exact) mass is 234 g/mol. The second-order valence-corrected chi connectivity index (χ2v) is 4.50. The molecule has 1 aliphatic heterocycles. The van der Waals surface area contributed by atoms with Crippen LogP contribution in [0.3, 0.4) is 0 Å². The molecule has 1 aromatic carbocycles. The second kappa shape index (κ2) is 4.88. The summed E-state index contributed by atoms with van der Waals surface area (Å²) in [7, 11) is 0. The molecule has 0 spiro atoms. The number of carbonyl (C=O) groups excluding carboxylic acids is 1. The maximum absolute atomic E-state index is 11.8. The van der Waals surface area contributed by atoms with Crippen molar-refractivity contribution in [1.82, 2.24) is 0 Å². The van der Waals surface area contributed by atoms with Crippen LogP contribution in [0.2, 0.25) is 0 Å². The van der Waals surface area contributed by atoms with Crippen LogP contribution in [0.25, 0.3) is 0 Å². The van der Waals surface area contributed by atoms with Crippen LogP contribution in [0.4, 0.5) is 0 Å². The van der Waals surface area contributed by atoms with Crippen molar-refractivity contribution in [2.24, 2.45) is 0 Å². The smallest absolute Gasteiger partial charge is 0.339 e. The summed E-state index contributed by atoms with van der Waals surface area (Å²) in [6.07, 6.45) is -0.555. The molecule has 1 heterocycles. The van der Waals surface area contributed by atoms with E-state index in [4.69, 9.17) is 9.47 Å². The van der Waals surface area contributed by atoms with Gasteiger partial charge in [0.2, 0.25) is 0 Å². The zero-order valence-corrected chi connectivity index (χ0v) is 10.5. The van der Waals surface area contributed by atoms with Gasteiger partial charge in [0.05, 0.1) is 13.2 Å². The lowest BCUT2D eigenvalue weighted by Gasteiger charge is -2.29. The van der Waals surface area contributed by atoms with E-state index in [0.29, 0.717) is 19.1 Å². The van der Waals surface area contributed by atoms with Crippen molar-refractivity contribution in [2.45, 2.75) is 32.8 Å². The van der Waals surface area contributed by atoms with E-state index in [1.165, 1.54) is 5.56 Å². The molecule has 0 fully saturated rings. The highest BCUT2D eigenvalue weighted by Crippen LogP contribution is 2.34. The Hall–Kier alpha value is -1.35. The average molecular weight is 234 g/mol. The van der Waals surface area contributed by atoms with Crippen molar-refractivity contribution in [3.63, 3.8) is 0 Å². The van der Waals surface area contributed by atoms with E-state index in [2.05, 4.69) is 19.1 Å². The summed E-state index contributed by atoms with van der Waals surface area (Å²) in [5.41, 5.74) is 3.29. The summed E-state index contributed by atoms with van der Waals surface area (Å²) in [6.45, 7) is 6.88. The summed E-state index contributed by atoms with van der Waals surface area (Å²) in [5.74, 6) is 0.0440. The van der Waals surface area contributed by atoms with E-state index in [1.807, 2.05) is 13.0 Å². The number of ether oxygens (including phenoxy) is 2. The van der Waals surface area contributed by atoms with Gasteiger partial charge >= 0.3 is 5.97 Å². The van der Waals surface area contributed by atoms with Crippen molar-refractivity contribution in [1.29, 1.82) is 0 Å². The highest BCUT2D eigenvalue weighted by atomic mass is 16.6. The second-order valence-electron chi connectivity index (χ2n) is 4.50. The fourth-order valence-corrected chi connectivity index (χ4v) is 2.20. The molecule has 92 valence electrons. The van der Waals surface area contributed by atoms with Crippen LogP contribution in [0.15, 0.2) is 18.2 Å². The maximum Gasteiger partial charge on any atom is 0.339 e. The fourth-order valence-electron chi connectivity index (χ4n) is 2.20. The number of esters is 1. The van der Waals surface area contributed by atoms with Crippen LogP contribution in [-0.2, 0) is 14.3 Å². The van der Waals surface area contributed by atoms with Crippen LogP contribution >= 0.6 is 0 Å². The van der Waals surface area contributed by atoms with E-state index in [9.17, 15) is 4.79 Å². The summed E-state index contributed by atoms with van der Waals surface area (Å²) in [4.78, 5) is 11.8. The lowest BCUT2D eigenvalue weighted by molar-refractivity contribution is -0.158. The average Bonchev–Trinajstić information content (AvgIpc) is 2.29. The first kappa shape index (κ1) is 12.1. The molecule has 1 aromatic rings. The molecule has 2 rings (SSSR count). The highest BCUT2D eigenvalue weighted by molar-refractivity contribution is 5.77. The van der Waals surface area contributed by atoms with E-state index in [0.717, 1.165) is 11.1 Å². The summed E-state index contributed by atoms with van der Waals surface area (Å²) < 4.78 is 10.7.